The van der Waals surface area contributed by atoms with E-state index in [4.69, 9.17) is 33.3 Å². The molecule has 0 spiro atoms. The Bertz CT molecular complexity index is 1040. The van der Waals surface area contributed by atoms with Gasteiger partial charge in [0, 0.05) is 29.4 Å². The highest BCUT2D eigenvalue weighted by molar-refractivity contribution is 7.80. The van der Waals surface area contributed by atoms with Gasteiger partial charge in [0.1, 0.15) is 5.82 Å². The second-order valence-corrected chi connectivity index (χ2v) is 7.69. The summed E-state index contributed by atoms with van der Waals surface area (Å²) in [5.41, 5.74) is 1.50. The molecule has 32 heavy (non-hydrogen) atoms. The van der Waals surface area contributed by atoms with E-state index in [2.05, 4.69) is 15.7 Å². The Balaban J connectivity index is 1.50. The summed E-state index contributed by atoms with van der Waals surface area (Å²) in [5.74, 6) is 1.69. The van der Waals surface area contributed by atoms with Crippen LogP contribution in [0.25, 0.3) is 0 Å². The van der Waals surface area contributed by atoms with Gasteiger partial charge in [-0.2, -0.15) is 5.10 Å². The third-order valence-corrected chi connectivity index (χ3v) is 5.17. The zero-order valence-electron chi connectivity index (χ0n) is 18.0. The maximum absolute atomic E-state index is 14.0. The SMILES string of the molecule is CCOc1ccc(CCNC(=S)Nc2ccn(Cc3c(F)cccc3Cl)n2)cc1OCC. The van der Waals surface area contributed by atoms with E-state index in [1.54, 1.807) is 29.1 Å². The number of hydrogen-bond donors (Lipinski definition) is 2. The van der Waals surface area contributed by atoms with E-state index in [1.807, 2.05) is 32.0 Å². The fourth-order valence-corrected chi connectivity index (χ4v) is 3.52. The molecule has 0 aliphatic carbocycles. The summed E-state index contributed by atoms with van der Waals surface area (Å²) >= 11 is 11.4. The molecule has 1 heterocycles. The molecule has 2 N–H and O–H groups in total. The number of aromatic nitrogens is 2. The van der Waals surface area contributed by atoms with Crippen LogP contribution in [0.2, 0.25) is 5.02 Å². The number of ether oxygens (including phenoxy) is 2. The third-order valence-electron chi connectivity index (χ3n) is 4.57. The largest absolute Gasteiger partial charge is 0.490 e. The minimum absolute atomic E-state index is 0.229. The average Bonchev–Trinajstić information content (AvgIpc) is 3.20. The number of benzene rings is 2. The Morgan fingerprint density at radius 1 is 1.12 bits per heavy atom. The van der Waals surface area contributed by atoms with Crippen LogP contribution in [0.1, 0.15) is 25.0 Å². The molecular formula is C23H26ClFN4O2S. The minimum atomic E-state index is -0.360. The molecular weight excluding hydrogens is 451 g/mol. The highest BCUT2D eigenvalue weighted by Crippen LogP contribution is 2.28. The van der Waals surface area contributed by atoms with E-state index in [-0.39, 0.29) is 12.4 Å². The number of thiocarbonyl (C=S) groups is 1. The third kappa shape index (κ3) is 6.58. The summed E-state index contributed by atoms with van der Waals surface area (Å²) in [6, 6.07) is 12.3. The molecule has 3 aromatic rings. The van der Waals surface area contributed by atoms with E-state index in [1.165, 1.54) is 6.07 Å². The number of anilines is 1. The van der Waals surface area contributed by atoms with Gasteiger partial charge in [-0.15, -0.1) is 0 Å². The average molecular weight is 477 g/mol. The first-order chi connectivity index (χ1) is 15.5. The van der Waals surface area contributed by atoms with Gasteiger partial charge >= 0.3 is 0 Å². The van der Waals surface area contributed by atoms with Crippen LogP contribution in [-0.4, -0.2) is 34.7 Å². The predicted molar refractivity (Wildman–Crippen MR) is 129 cm³/mol. The Hall–Kier alpha value is -2.84. The lowest BCUT2D eigenvalue weighted by atomic mass is 10.1. The van der Waals surface area contributed by atoms with Crippen molar-refractivity contribution in [2.75, 3.05) is 25.1 Å². The molecule has 0 aliphatic rings. The fourth-order valence-electron chi connectivity index (χ4n) is 3.09. The smallest absolute Gasteiger partial charge is 0.172 e. The van der Waals surface area contributed by atoms with Crippen molar-refractivity contribution in [3.8, 4) is 11.5 Å². The first-order valence-corrected chi connectivity index (χ1v) is 11.2. The van der Waals surface area contributed by atoms with Gasteiger partial charge in [0.05, 0.1) is 19.8 Å². The molecule has 1 aromatic heterocycles. The van der Waals surface area contributed by atoms with Crippen molar-refractivity contribution in [3.63, 3.8) is 0 Å². The maximum Gasteiger partial charge on any atom is 0.172 e. The van der Waals surface area contributed by atoms with Crippen molar-refractivity contribution in [1.29, 1.82) is 0 Å². The zero-order chi connectivity index (χ0) is 22.9. The molecule has 0 fully saturated rings. The second-order valence-electron chi connectivity index (χ2n) is 6.88. The molecule has 0 amide bonds. The molecule has 9 heteroatoms. The molecule has 6 nitrogen and oxygen atoms in total. The zero-order valence-corrected chi connectivity index (χ0v) is 19.6. The Labute approximate surface area is 197 Å². The van der Waals surface area contributed by atoms with E-state index < -0.39 is 0 Å². The van der Waals surface area contributed by atoms with Gasteiger partial charge < -0.3 is 20.1 Å². The normalized spacial score (nSPS) is 10.6. The number of halogens is 2. The fraction of sp³-hybridized carbons (Fsp3) is 0.304. The van der Waals surface area contributed by atoms with Crippen LogP contribution in [0, 0.1) is 5.82 Å². The molecule has 0 unspecified atom stereocenters. The highest BCUT2D eigenvalue weighted by atomic mass is 35.5. The van der Waals surface area contributed by atoms with Gasteiger partial charge in [0.15, 0.2) is 22.4 Å². The summed E-state index contributed by atoms with van der Waals surface area (Å²) < 4.78 is 26.8. The molecule has 3 rings (SSSR count). The lowest BCUT2D eigenvalue weighted by molar-refractivity contribution is 0.287. The molecule has 0 saturated heterocycles. The molecule has 0 saturated carbocycles. The van der Waals surface area contributed by atoms with Crippen LogP contribution >= 0.6 is 23.8 Å². The molecule has 2 aromatic carbocycles. The summed E-state index contributed by atoms with van der Waals surface area (Å²) in [4.78, 5) is 0. The molecule has 0 aliphatic heterocycles. The van der Waals surface area contributed by atoms with Crippen molar-refractivity contribution in [1.82, 2.24) is 15.1 Å². The number of nitrogens with one attached hydrogen (secondary N) is 2. The van der Waals surface area contributed by atoms with E-state index in [0.29, 0.717) is 41.3 Å². The molecule has 170 valence electrons. The van der Waals surface area contributed by atoms with Crippen molar-refractivity contribution in [3.05, 3.63) is 70.6 Å². The number of nitrogens with zero attached hydrogens (tertiary/aromatic N) is 2. The topological polar surface area (TPSA) is 60.3 Å². The summed E-state index contributed by atoms with van der Waals surface area (Å²) in [6.07, 6.45) is 2.50. The summed E-state index contributed by atoms with van der Waals surface area (Å²) in [6.45, 7) is 5.92. The van der Waals surface area contributed by atoms with Gasteiger partial charge in [-0.05, 0) is 62.3 Å². The van der Waals surface area contributed by atoms with Crippen LogP contribution in [0.5, 0.6) is 11.5 Å². The highest BCUT2D eigenvalue weighted by Gasteiger charge is 2.10. The summed E-state index contributed by atoms with van der Waals surface area (Å²) in [7, 11) is 0. The first-order valence-electron chi connectivity index (χ1n) is 10.4. The lowest BCUT2D eigenvalue weighted by Crippen LogP contribution is -2.30. The monoisotopic (exact) mass is 476 g/mol. The predicted octanol–water partition coefficient (Wildman–Crippen LogP) is 5.05. The van der Waals surface area contributed by atoms with Crippen LogP contribution in [0.15, 0.2) is 48.7 Å². The Morgan fingerprint density at radius 3 is 2.66 bits per heavy atom. The number of hydrogen-bond acceptors (Lipinski definition) is 4. The molecule has 0 bridgehead atoms. The first kappa shape index (κ1) is 23.8. The maximum atomic E-state index is 14.0. The van der Waals surface area contributed by atoms with Crippen LogP contribution in [0.3, 0.4) is 0 Å². The van der Waals surface area contributed by atoms with Gasteiger partial charge in [-0.25, -0.2) is 4.39 Å². The van der Waals surface area contributed by atoms with Crippen molar-refractivity contribution in [2.45, 2.75) is 26.8 Å². The quantitative estimate of drug-likeness (QED) is 0.399. The minimum Gasteiger partial charge on any atom is -0.490 e. The van der Waals surface area contributed by atoms with Gasteiger partial charge in [-0.3, -0.25) is 4.68 Å². The van der Waals surface area contributed by atoms with Crippen LogP contribution in [-0.2, 0) is 13.0 Å². The van der Waals surface area contributed by atoms with E-state index in [9.17, 15) is 4.39 Å². The van der Waals surface area contributed by atoms with Gasteiger partial charge in [0.2, 0.25) is 0 Å². The standard InChI is InChI=1S/C23H26ClFN4O2S/c1-3-30-20-9-8-16(14-21(20)31-4-2)10-12-26-23(32)27-22-11-13-29(28-22)15-17-18(24)6-5-7-19(17)25/h5-9,11,13-14H,3-4,10,12,15H2,1-2H3,(H2,26,27,28,32). The summed E-state index contributed by atoms with van der Waals surface area (Å²) in [5, 5.41) is 11.4. The Kier molecular flexibility index (Phi) is 8.70. The van der Waals surface area contributed by atoms with Crippen LogP contribution < -0.4 is 20.1 Å². The Morgan fingerprint density at radius 2 is 1.91 bits per heavy atom. The van der Waals surface area contributed by atoms with Crippen molar-refractivity contribution < 1.29 is 13.9 Å². The van der Waals surface area contributed by atoms with Gasteiger partial charge in [-0.1, -0.05) is 23.7 Å². The van der Waals surface area contributed by atoms with E-state index in [0.717, 1.165) is 23.5 Å². The van der Waals surface area contributed by atoms with Crippen molar-refractivity contribution in [2.24, 2.45) is 0 Å². The lowest BCUT2D eigenvalue weighted by Gasteiger charge is -2.13. The van der Waals surface area contributed by atoms with Crippen molar-refractivity contribution >= 4 is 34.7 Å². The van der Waals surface area contributed by atoms with Gasteiger partial charge in [0.25, 0.3) is 0 Å². The van der Waals surface area contributed by atoms with Crippen LogP contribution in [0.4, 0.5) is 10.2 Å². The molecule has 0 atom stereocenters. The molecule has 0 radical (unpaired) electrons. The second kappa shape index (κ2) is 11.7. The van der Waals surface area contributed by atoms with E-state index >= 15 is 0 Å². The number of rotatable bonds is 10.